The van der Waals surface area contributed by atoms with Crippen LogP contribution in [0, 0.1) is 5.92 Å². The van der Waals surface area contributed by atoms with Gasteiger partial charge in [-0.2, -0.15) is 0 Å². The maximum absolute atomic E-state index is 4.09. The summed E-state index contributed by atoms with van der Waals surface area (Å²) >= 11 is 1.81. The zero-order chi connectivity index (χ0) is 15.2. The second-order valence-corrected chi connectivity index (χ2v) is 6.77. The zero-order valence-electron chi connectivity index (χ0n) is 12.7. The van der Waals surface area contributed by atoms with Crippen LogP contribution in [0.2, 0.25) is 0 Å². The van der Waals surface area contributed by atoms with Crippen molar-refractivity contribution < 1.29 is 0 Å². The summed E-state index contributed by atoms with van der Waals surface area (Å²) in [5.41, 5.74) is 1.39. The van der Waals surface area contributed by atoms with Crippen molar-refractivity contribution in [1.82, 2.24) is 9.55 Å². The van der Waals surface area contributed by atoms with Crippen LogP contribution in [0.5, 0.6) is 0 Å². The Balaban J connectivity index is 1.57. The Labute approximate surface area is 136 Å². The van der Waals surface area contributed by atoms with Gasteiger partial charge in [0.15, 0.2) is 0 Å². The molecule has 0 bridgehead atoms. The van der Waals surface area contributed by atoms with Crippen LogP contribution in [-0.4, -0.2) is 9.55 Å². The topological polar surface area (TPSA) is 17.8 Å². The van der Waals surface area contributed by atoms with E-state index in [1.54, 1.807) is 11.8 Å². The van der Waals surface area contributed by atoms with E-state index >= 15 is 0 Å². The van der Waals surface area contributed by atoms with Gasteiger partial charge in [0.25, 0.3) is 0 Å². The highest BCUT2D eigenvalue weighted by molar-refractivity contribution is 7.99. The molecule has 2 nitrogen and oxygen atoms in total. The maximum atomic E-state index is 4.09. The van der Waals surface area contributed by atoms with Crippen LogP contribution in [0.1, 0.15) is 12.5 Å². The summed E-state index contributed by atoms with van der Waals surface area (Å²) in [4.78, 5) is 6.66. The molecule has 22 heavy (non-hydrogen) atoms. The van der Waals surface area contributed by atoms with E-state index in [-0.39, 0.29) is 0 Å². The fourth-order valence-electron chi connectivity index (χ4n) is 2.54. The van der Waals surface area contributed by atoms with Gasteiger partial charge in [0, 0.05) is 28.7 Å². The van der Waals surface area contributed by atoms with Crippen molar-refractivity contribution in [2.24, 2.45) is 5.92 Å². The van der Waals surface area contributed by atoms with Crippen LogP contribution in [0.15, 0.2) is 83.1 Å². The predicted molar refractivity (Wildman–Crippen MR) is 92.1 cm³/mol. The second kappa shape index (κ2) is 7.32. The van der Waals surface area contributed by atoms with Crippen LogP contribution >= 0.6 is 11.8 Å². The first-order valence-corrected chi connectivity index (χ1v) is 8.39. The minimum absolute atomic E-state index is 0.599. The molecule has 112 valence electrons. The molecule has 3 rings (SSSR count). The summed E-state index contributed by atoms with van der Waals surface area (Å²) in [6.45, 7) is 3.30. The molecule has 0 saturated heterocycles. The molecule has 0 amide bonds. The standard InChI is InChI=1S/C19H20N2S/c1-16(14-21-12-11-20-15-21)13-17-7-9-19(10-8-17)22-18-5-3-2-4-6-18/h2-12,15-16H,13-14H2,1H3/t16-/m1/s1. The average Bonchev–Trinajstić information content (AvgIpc) is 3.03. The molecule has 0 spiro atoms. The van der Waals surface area contributed by atoms with E-state index in [1.165, 1.54) is 15.4 Å². The van der Waals surface area contributed by atoms with Gasteiger partial charge in [-0.3, -0.25) is 0 Å². The lowest BCUT2D eigenvalue weighted by Crippen LogP contribution is -2.08. The molecule has 1 heterocycles. The quantitative estimate of drug-likeness (QED) is 0.643. The predicted octanol–water partition coefficient (Wildman–Crippen LogP) is 4.91. The Hall–Kier alpha value is -2.00. The smallest absolute Gasteiger partial charge is 0.0945 e. The minimum atomic E-state index is 0.599. The molecule has 1 atom stereocenters. The first kappa shape index (κ1) is 14.9. The fourth-order valence-corrected chi connectivity index (χ4v) is 3.38. The monoisotopic (exact) mass is 308 g/mol. The molecule has 0 N–H and O–H groups in total. The van der Waals surface area contributed by atoms with Crippen LogP contribution in [0.25, 0.3) is 0 Å². The van der Waals surface area contributed by atoms with E-state index in [1.807, 2.05) is 18.7 Å². The number of hydrogen-bond donors (Lipinski definition) is 0. The van der Waals surface area contributed by atoms with E-state index in [9.17, 15) is 0 Å². The highest BCUT2D eigenvalue weighted by atomic mass is 32.2. The normalized spacial score (nSPS) is 12.2. The van der Waals surface area contributed by atoms with Gasteiger partial charge in [-0.1, -0.05) is 49.0 Å². The highest BCUT2D eigenvalue weighted by Crippen LogP contribution is 2.27. The molecule has 0 unspecified atom stereocenters. The first-order valence-electron chi connectivity index (χ1n) is 7.57. The summed E-state index contributed by atoms with van der Waals surface area (Å²) < 4.78 is 2.14. The maximum Gasteiger partial charge on any atom is 0.0945 e. The molecule has 2 aromatic carbocycles. The van der Waals surface area contributed by atoms with Crippen LogP contribution in [-0.2, 0) is 13.0 Å². The summed E-state index contributed by atoms with van der Waals surface area (Å²) in [7, 11) is 0. The van der Waals surface area contributed by atoms with Gasteiger partial charge in [-0.15, -0.1) is 0 Å². The van der Waals surface area contributed by atoms with Gasteiger partial charge in [0.05, 0.1) is 6.33 Å². The van der Waals surface area contributed by atoms with Crippen molar-refractivity contribution in [3.05, 3.63) is 78.9 Å². The Morgan fingerprint density at radius 1 is 1.00 bits per heavy atom. The van der Waals surface area contributed by atoms with Gasteiger partial charge in [-0.05, 0) is 42.2 Å². The largest absolute Gasteiger partial charge is 0.337 e. The fraction of sp³-hybridized carbons (Fsp3) is 0.211. The van der Waals surface area contributed by atoms with Gasteiger partial charge in [0.2, 0.25) is 0 Å². The molecule has 3 heteroatoms. The zero-order valence-corrected chi connectivity index (χ0v) is 13.5. The van der Waals surface area contributed by atoms with Crippen LogP contribution in [0.4, 0.5) is 0 Å². The lowest BCUT2D eigenvalue weighted by Gasteiger charge is -2.12. The Morgan fingerprint density at radius 3 is 2.41 bits per heavy atom. The van der Waals surface area contributed by atoms with E-state index in [0.717, 1.165) is 13.0 Å². The Morgan fingerprint density at radius 2 is 1.73 bits per heavy atom. The van der Waals surface area contributed by atoms with Crippen molar-refractivity contribution >= 4 is 11.8 Å². The summed E-state index contributed by atoms with van der Waals surface area (Å²) in [5.74, 6) is 0.599. The third-order valence-corrected chi connectivity index (χ3v) is 4.58. The number of imidazole rings is 1. The van der Waals surface area contributed by atoms with Crippen molar-refractivity contribution in [3.63, 3.8) is 0 Å². The van der Waals surface area contributed by atoms with Gasteiger partial charge >= 0.3 is 0 Å². The van der Waals surface area contributed by atoms with Gasteiger partial charge < -0.3 is 4.57 Å². The van der Waals surface area contributed by atoms with E-state index in [0.29, 0.717) is 5.92 Å². The number of nitrogens with zero attached hydrogens (tertiary/aromatic N) is 2. The number of benzene rings is 2. The molecule has 0 aliphatic rings. The molecule has 1 aromatic heterocycles. The highest BCUT2D eigenvalue weighted by Gasteiger charge is 2.05. The van der Waals surface area contributed by atoms with Gasteiger partial charge in [0.1, 0.15) is 0 Å². The number of aromatic nitrogens is 2. The van der Waals surface area contributed by atoms with Crippen molar-refractivity contribution in [2.75, 3.05) is 0 Å². The SMILES string of the molecule is C[C@H](Cc1ccc(Sc2ccccc2)cc1)Cn1ccnc1. The summed E-state index contributed by atoms with van der Waals surface area (Å²) in [6.07, 6.45) is 6.84. The Bertz CT molecular complexity index is 675. The molecule has 0 aliphatic carbocycles. The lowest BCUT2D eigenvalue weighted by molar-refractivity contribution is 0.479. The first-order chi connectivity index (χ1) is 10.8. The third-order valence-electron chi connectivity index (χ3n) is 3.57. The van der Waals surface area contributed by atoms with Crippen molar-refractivity contribution in [2.45, 2.75) is 29.7 Å². The molecular weight excluding hydrogens is 288 g/mol. The van der Waals surface area contributed by atoms with E-state index in [2.05, 4.69) is 71.1 Å². The summed E-state index contributed by atoms with van der Waals surface area (Å²) in [6, 6.07) is 19.4. The van der Waals surface area contributed by atoms with Crippen molar-refractivity contribution in [1.29, 1.82) is 0 Å². The molecule has 0 saturated carbocycles. The number of hydrogen-bond acceptors (Lipinski definition) is 2. The molecule has 3 aromatic rings. The van der Waals surface area contributed by atoms with Gasteiger partial charge in [-0.25, -0.2) is 4.98 Å². The third kappa shape index (κ3) is 4.25. The summed E-state index contributed by atoms with van der Waals surface area (Å²) in [5, 5.41) is 0. The van der Waals surface area contributed by atoms with E-state index in [4.69, 9.17) is 0 Å². The average molecular weight is 308 g/mol. The lowest BCUT2D eigenvalue weighted by atomic mass is 10.0. The van der Waals surface area contributed by atoms with Crippen LogP contribution < -0.4 is 0 Å². The Kier molecular flexibility index (Phi) is 4.96. The second-order valence-electron chi connectivity index (χ2n) is 5.63. The van der Waals surface area contributed by atoms with Crippen molar-refractivity contribution in [3.8, 4) is 0 Å². The van der Waals surface area contributed by atoms with Crippen LogP contribution in [0.3, 0.4) is 0 Å². The number of rotatable bonds is 6. The molecule has 0 radical (unpaired) electrons. The molecule has 0 aliphatic heterocycles. The van der Waals surface area contributed by atoms with E-state index < -0.39 is 0 Å². The molecule has 0 fully saturated rings. The molecular formula is C19H20N2S. The minimum Gasteiger partial charge on any atom is -0.337 e.